The van der Waals surface area contributed by atoms with Crippen molar-refractivity contribution in [1.82, 2.24) is 9.97 Å². The number of carbonyl (C=O) groups excluding carboxylic acids is 1. The van der Waals surface area contributed by atoms with E-state index in [1.807, 2.05) is 26.0 Å². The molecule has 0 aliphatic heterocycles. The Kier molecular flexibility index (Phi) is 2.72. The molecule has 1 amide bonds. The van der Waals surface area contributed by atoms with E-state index in [0.29, 0.717) is 5.69 Å². The average molecular weight is 215 g/mol. The number of aromatic nitrogens is 2. The maximum atomic E-state index is 11.7. The van der Waals surface area contributed by atoms with Crippen LogP contribution in [0.3, 0.4) is 0 Å². The second-order valence-corrected chi connectivity index (χ2v) is 3.80. The Labute approximate surface area is 93.7 Å². The van der Waals surface area contributed by atoms with E-state index in [1.54, 1.807) is 0 Å². The SMILES string of the molecule is Cc1cc(C)cc(NC(=O)c2cnc[nH]2)c1. The number of aryl methyl sites for hydroxylation is 2. The van der Waals surface area contributed by atoms with Crippen molar-refractivity contribution >= 4 is 11.6 Å². The van der Waals surface area contributed by atoms with Crippen LogP contribution in [0.25, 0.3) is 0 Å². The zero-order chi connectivity index (χ0) is 11.5. The Bertz CT molecular complexity index is 483. The predicted octanol–water partition coefficient (Wildman–Crippen LogP) is 2.28. The van der Waals surface area contributed by atoms with E-state index in [4.69, 9.17) is 0 Å². The first-order valence-electron chi connectivity index (χ1n) is 5.03. The molecule has 4 nitrogen and oxygen atoms in total. The lowest BCUT2D eigenvalue weighted by Gasteiger charge is -2.06. The van der Waals surface area contributed by atoms with Crippen molar-refractivity contribution in [3.63, 3.8) is 0 Å². The van der Waals surface area contributed by atoms with Crippen LogP contribution in [0.15, 0.2) is 30.7 Å². The Morgan fingerprint density at radius 3 is 2.50 bits per heavy atom. The molecule has 0 saturated heterocycles. The van der Waals surface area contributed by atoms with Gasteiger partial charge in [-0.05, 0) is 37.1 Å². The van der Waals surface area contributed by atoms with E-state index in [0.717, 1.165) is 16.8 Å². The van der Waals surface area contributed by atoms with E-state index in [9.17, 15) is 4.79 Å². The topological polar surface area (TPSA) is 57.8 Å². The van der Waals surface area contributed by atoms with E-state index < -0.39 is 0 Å². The summed E-state index contributed by atoms with van der Waals surface area (Å²) in [6.45, 7) is 4.00. The number of benzene rings is 1. The zero-order valence-corrected chi connectivity index (χ0v) is 9.24. The highest BCUT2D eigenvalue weighted by Crippen LogP contribution is 2.14. The monoisotopic (exact) mass is 215 g/mol. The first-order chi connectivity index (χ1) is 7.65. The average Bonchev–Trinajstić information content (AvgIpc) is 2.68. The van der Waals surface area contributed by atoms with Gasteiger partial charge in [0.25, 0.3) is 5.91 Å². The zero-order valence-electron chi connectivity index (χ0n) is 9.24. The molecule has 1 aromatic heterocycles. The number of hydrogen-bond donors (Lipinski definition) is 2. The van der Waals surface area contributed by atoms with Gasteiger partial charge in [0.15, 0.2) is 0 Å². The van der Waals surface area contributed by atoms with Crippen molar-refractivity contribution < 1.29 is 4.79 Å². The minimum absolute atomic E-state index is 0.178. The normalized spacial score (nSPS) is 10.1. The standard InChI is InChI=1S/C12H13N3O/c1-8-3-9(2)5-10(4-8)15-12(16)11-6-13-7-14-11/h3-7H,1-2H3,(H,13,14)(H,15,16). The summed E-state index contributed by atoms with van der Waals surface area (Å²) in [6, 6.07) is 5.92. The molecule has 0 unspecified atom stereocenters. The molecule has 16 heavy (non-hydrogen) atoms. The highest BCUT2D eigenvalue weighted by Gasteiger charge is 2.07. The fourth-order valence-electron chi connectivity index (χ4n) is 1.63. The second-order valence-electron chi connectivity index (χ2n) is 3.80. The Balaban J connectivity index is 2.18. The first-order valence-corrected chi connectivity index (χ1v) is 5.03. The summed E-state index contributed by atoms with van der Waals surface area (Å²) in [5.41, 5.74) is 3.51. The molecule has 0 bridgehead atoms. The van der Waals surface area contributed by atoms with Gasteiger partial charge in [-0.1, -0.05) is 6.07 Å². The lowest BCUT2D eigenvalue weighted by Crippen LogP contribution is -2.12. The van der Waals surface area contributed by atoms with Crippen molar-refractivity contribution in [2.24, 2.45) is 0 Å². The molecular formula is C12H13N3O. The first kappa shape index (κ1) is 10.4. The molecule has 0 spiro atoms. The van der Waals surface area contributed by atoms with E-state index in [-0.39, 0.29) is 5.91 Å². The van der Waals surface area contributed by atoms with E-state index in [1.165, 1.54) is 12.5 Å². The minimum Gasteiger partial charge on any atom is -0.341 e. The van der Waals surface area contributed by atoms with E-state index >= 15 is 0 Å². The third kappa shape index (κ3) is 2.28. The molecule has 4 heteroatoms. The fourth-order valence-corrected chi connectivity index (χ4v) is 1.63. The number of aromatic amines is 1. The number of nitrogens with zero attached hydrogens (tertiary/aromatic N) is 1. The van der Waals surface area contributed by atoms with Gasteiger partial charge >= 0.3 is 0 Å². The molecular weight excluding hydrogens is 202 g/mol. The summed E-state index contributed by atoms with van der Waals surface area (Å²) in [4.78, 5) is 18.3. The van der Waals surface area contributed by atoms with Gasteiger partial charge in [-0.25, -0.2) is 4.98 Å². The predicted molar refractivity (Wildman–Crippen MR) is 62.5 cm³/mol. The Morgan fingerprint density at radius 1 is 1.25 bits per heavy atom. The molecule has 82 valence electrons. The van der Waals surface area contributed by atoms with Crippen LogP contribution in [0.5, 0.6) is 0 Å². The molecule has 0 aliphatic carbocycles. The summed E-state index contributed by atoms with van der Waals surface area (Å²) in [5.74, 6) is -0.178. The summed E-state index contributed by atoms with van der Waals surface area (Å²) in [6.07, 6.45) is 2.98. The molecule has 1 heterocycles. The second kappa shape index (κ2) is 4.18. The number of carbonyl (C=O) groups is 1. The number of hydrogen-bond acceptors (Lipinski definition) is 2. The van der Waals surface area contributed by atoms with Gasteiger partial charge in [0.2, 0.25) is 0 Å². The van der Waals surface area contributed by atoms with Crippen molar-refractivity contribution in [3.8, 4) is 0 Å². The molecule has 2 aromatic rings. The smallest absolute Gasteiger partial charge is 0.273 e. The highest BCUT2D eigenvalue weighted by atomic mass is 16.1. The van der Waals surface area contributed by atoms with Crippen LogP contribution in [-0.4, -0.2) is 15.9 Å². The van der Waals surface area contributed by atoms with Crippen LogP contribution >= 0.6 is 0 Å². The number of amides is 1. The summed E-state index contributed by atoms with van der Waals surface area (Å²) in [5, 5.41) is 2.82. The summed E-state index contributed by atoms with van der Waals surface area (Å²) < 4.78 is 0. The molecule has 1 aromatic carbocycles. The van der Waals surface area contributed by atoms with Crippen molar-refractivity contribution in [3.05, 3.63) is 47.5 Å². The van der Waals surface area contributed by atoms with Crippen LogP contribution < -0.4 is 5.32 Å². The fraction of sp³-hybridized carbons (Fsp3) is 0.167. The van der Waals surface area contributed by atoms with E-state index in [2.05, 4.69) is 21.4 Å². The molecule has 0 atom stereocenters. The van der Waals surface area contributed by atoms with Crippen molar-refractivity contribution in [1.29, 1.82) is 0 Å². The summed E-state index contributed by atoms with van der Waals surface area (Å²) >= 11 is 0. The lowest BCUT2D eigenvalue weighted by atomic mass is 10.1. The van der Waals surface area contributed by atoms with Gasteiger partial charge < -0.3 is 10.3 Å². The van der Waals surface area contributed by atoms with Gasteiger partial charge in [-0.2, -0.15) is 0 Å². The molecule has 0 fully saturated rings. The Morgan fingerprint density at radius 2 is 1.94 bits per heavy atom. The number of H-pyrrole nitrogens is 1. The molecule has 2 rings (SSSR count). The van der Waals surface area contributed by atoms with Crippen LogP contribution in [-0.2, 0) is 0 Å². The lowest BCUT2D eigenvalue weighted by molar-refractivity contribution is 0.102. The number of anilines is 1. The number of imidazole rings is 1. The number of rotatable bonds is 2. The largest absolute Gasteiger partial charge is 0.341 e. The van der Waals surface area contributed by atoms with Gasteiger partial charge in [-0.3, -0.25) is 4.79 Å². The maximum Gasteiger partial charge on any atom is 0.273 e. The van der Waals surface area contributed by atoms with Gasteiger partial charge in [0.05, 0.1) is 12.5 Å². The van der Waals surface area contributed by atoms with Crippen LogP contribution in [0.4, 0.5) is 5.69 Å². The maximum absolute atomic E-state index is 11.7. The molecule has 0 radical (unpaired) electrons. The quantitative estimate of drug-likeness (QED) is 0.807. The van der Waals surface area contributed by atoms with Gasteiger partial charge in [-0.15, -0.1) is 0 Å². The Hall–Kier alpha value is -2.10. The van der Waals surface area contributed by atoms with Crippen molar-refractivity contribution in [2.45, 2.75) is 13.8 Å². The number of nitrogens with one attached hydrogen (secondary N) is 2. The molecule has 0 saturated carbocycles. The minimum atomic E-state index is -0.178. The third-order valence-corrected chi connectivity index (χ3v) is 2.22. The third-order valence-electron chi connectivity index (χ3n) is 2.22. The van der Waals surface area contributed by atoms with Gasteiger partial charge in [0.1, 0.15) is 5.69 Å². The van der Waals surface area contributed by atoms with Gasteiger partial charge in [0, 0.05) is 5.69 Å². The van der Waals surface area contributed by atoms with Crippen LogP contribution in [0.1, 0.15) is 21.6 Å². The van der Waals surface area contributed by atoms with Crippen LogP contribution in [0, 0.1) is 13.8 Å². The highest BCUT2D eigenvalue weighted by molar-refractivity contribution is 6.02. The van der Waals surface area contributed by atoms with Crippen LogP contribution in [0.2, 0.25) is 0 Å². The van der Waals surface area contributed by atoms with Crippen molar-refractivity contribution in [2.75, 3.05) is 5.32 Å². The summed E-state index contributed by atoms with van der Waals surface area (Å²) in [7, 11) is 0. The molecule has 2 N–H and O–H groups in total. The molecule has 0 aliphatic rings.